The molecule has 1 aromatic rings. The largest absolute Gasteiger partial charge is 0.299 e. The van der Waals surface area contributed by atoms with E-state index in [1.165, 1.54) is 5.56 Å². The van der Waals surface area contributed by atoms with Gasteiger partial charge in [0.1, 0.15) is 5.78 Å². The summed E-state index contributed by atoms with van der Waals surface area (Å²) in [5.41, 5.74) is 1.33. The van der Waals surface area contributed by atoms with E-state index >= 15 is 0 Å². The molecule has 88 valence electrons. The van der Waals surface area contributed by atoms with Gasteiger partial charge >= 0.3 is 0 Å². The van der Waals surface area contributed by atoms with Crippen LogP contribution in [0.4, 0.5) is 0 Å². The fourth-order valence-corrected chi connectivity index (χ4v) is 2.13. The van der Waals surface area contributed by atoms with Gasteiger partial charge in [-0.1, -0.05) is 44.2 Å². The minimum atomic E-state index is 0.384. The second-order valence-electron chi connectivity index (χ2n) is 4.24. The highest BCUT2D eigenvalue weighted by atomic mass is 32.2. The van der Waals surface area contributed by atoms with E-state index in [1.807, 2.05) is 18.2 Å². The highest BCUT2D eigenvalue weighted by Crippen LogP contribution is 2.11. The summed E-state index contributed by atoms with van der Waals surface area (Å²) in [5, 5.41) is 0.554. The number of aryl methyl sites for hydroxylation is 1. The summed E-state index contributed by atoms with van der Waals surface area (Å²) >= 11 is 1.74. The number of carbonyl (C=O) groups is 1. The van der Waals surface area contributed by atoms with E-state index in [2.05, 4.69) is 26.0 Å². The summed E-state index contributed by atoms with van der Waals surface area (Å²) in [4.78, 5) is 11.5. The van der Waals surface area contributed by atoms with Crippen molar-refractivity contribution in [2.24, 2.45) is 0 Å². The average Bonchev–Trinajstić information content (AvgIpc) is 2.28. The molecule has 0 bridgehead atoms. The van der Waals surface area contributed by atoms with Gasteiger partial charge in [0.2, 0.25) is 0 Å². The molecule has 16 heavy (non-hydrogen) atoms. The zero-order valence-electron chi connectivity index (χ0n) is 10.1. The fourth-order valence-electron chi connectivity index (χ4n) is 1.47. The van der Waals surface area contributed by atoms with Crippen molar-refractivity contribution in [1.29, 1.82) is 0 Å². The lowest BCUT2D eigenvalue weighted by molar-refractivity contribution is -0.116. The lowest BCUT2D eigenvalue weighted by Gasteiger charge is -2.04. The molecule has 0 aliphatic carbocycles. The molecule has 0 radical (unpaired) electrons. The molecule has 0 saturated heterocycles. The molecule has 0 aliphatic heterocycles. The minimum Gasteiger partial charge on any atom is -0.299 e. The SMILES string of the molecule is CC(C)SCC(=O)CCCc1ccccc1. The van der Waals surface area contributed by atoms with Crippen LogP contribution in [0, 0.1) is 0 Å². The van der Waals surface area contributed by atoms with Gasteiger partial charge in [-0.3, -0.25) is 4.79 Å². The van der Waals surface area contributed by atoms with Crippen LogP contribution in [0.25, 0.3) is 0 Å². The van der Waals surface area contributed by atoms with Gasteiger partial charge in [0.05, 0.1) is 5.75 Å². The van der Waals surface area contributed by atoms with Crippen LogP contribution in [0.5, 0.6) is 0 Å². The number of carbonyl (C=O) groups excluding carboxylic acids is 1. The van der Waals surface area contributed by atoms with Crippen molar-refractivity contribution in [3.63, 3.8) is 0 Å². The highest BCUT2D eigenvalue weighted by molar-refractivity contribution is 8.00. The first-order valence-electron chi connectivity index (χ1n) is 5.85. The minimum absolute atomic E-state index is 0.384. The van der Waals surface area contributed by atoms with Crippen molar-refractivity contribution in [3.8, 4) is 0 Å². The van der Waals surface area contributed by atoms with Gasteiger partial charge in [0.15, 0.2) is 0 Å². The van der Waals surface area contributed by atoms with Crippen molar-refractivity contribution in [2.75, 3.05) is 5.75 Å². The van der Waals surface area contributed by atoms with Crippen LogP contribution in [0.3, 0.4) is 0 Å². The van der Waals surface area contributed by atoms with Crippen molar-refractivity contribution in [1.82, 2.24) is 0 Å². The molecule has 0 heterocycles. The first-order chi connectivity index (χ1) is 7.68. The Labute approximate surface area is 103 Å². The van der Waals surface area contributed by atoms with Crippen LogP contribution in [-0.2, 0) is 11.2 Å². The molecule has 0 spiro atoms. The van der Waals surface area contributed by atoms with Gasteiger partial charge in [0, 0.05) is 6.42 Å². The molecule has 0 fully saturated rings. The van der Waals surface area contributed by atoms with Gasteiger partial charge in [-0.2, -0.15) is 11.8 Å². The normalized spacial score (nSPS) is 10.7. The Morgan fingerprint density at radius 1 is 1.25 bits per heavy atom. The molecule has 1 nitrogen and oxygen atoms in total. The van der Waals surface area contributed by atoms with E-state index in [-0.39, 0.29) is 0 Å². The Balaban J connectivity index is 2.13. The van der Waals surface area contributed by atoms with E-state index in [4.69, 9.17) is 0 Å². The Hall–Kier alpha value is -0.760. The van der Waals surface area contributed by atoms with Gasteiger partial charge in [-0.25, -0.2) is 0 Å². The van der Waals surface area contributed by atoms with Crippen LogP contribution in [-0.4, -0.2) is 16.8 Å². The molecule has 1 rings (SSSR count). The van der Waals surface area contributed by atoms with Crippen LogP contribution in [0.2, 0.25) is 0 Å². The number of rotatable bonds is 7. The Morgan fingerprint density at radius 3 is 2.56 bits per heavy atom. The molecule has 0 saturated carbocycles. The molecule has 0 N–H and O–H groups in total. The predicted octanol–water partition coefficient (Wildman–Crippen LogP) is 3.72. The Kier molecular flexibility index (Phi) is 6.24. The molecule has 2 heteroatoms. The summed E-state index contributed by atoms with van der Waals surface area (Å²) < 4.78 is 0. The van der Waals surface area contributed by atoms with Crippen molar-refractivity contribution in [3.05, 3.63) is 35.9 Å². The van der Waals surface area contributed by atoms with Gasteiger partial charge in [-0.15, -0.1) is 0 Å². The standard InChI is InChI=1S/C14H20OS/c1-12(2)16-11-14(15)10-6-9-13-7-4-3-5-8-13/h3-5,7-8,12H,6,9-11H2,1-2H3. The average molecular weight is 236 g/mol. The van der Waals surface area contributed by atoms with E-state index in [1.54, 1.807) is 11.8 Å². The molecular weight excluding hydrogens is 216 g/mol. The summed E-state index contributed by atoms with van der Waals surface area (Å²) in [5.74, 6) is 1.06. The zero-order valence-corrected chi connectivity index (χ0v) is 10.9. The summed E-state index contributed by atoms with van der Waals surface area (Å²) in [6, 6.07) is 10.4. The quantitative estimate of drug-likeness (QED) is 0.717. The molecule has 1 aromatic carbocycles. The van der Waals surface area contributed by atoms with E-state index < -0.39 is 0 Å². The molecule has 0 atom stereocenters. The van der Waals surface area contributed by atoms with Crippen LogP contribution >= 0.6 is 11.8 Å². The number of benzene rings is 1. The summed E-state index contributed by atoms with van der Waals surface area (Å²) in [6.45, 7) is 4.25. The lowest BCUT2D eigenvalue weighted by Crippen LogP contribution is -2.04. The molecule has 0 amide bonds. The predicted molar refractivity (Wildman–Crippen MR) is 72.0 cm³/mol. The first kappa shape index (κ1) is 13.3. The second kappa shape index (κ2) is 7.50. The van der Waals surface area contributed by atoms with E-state index in [0.29, 0.717) is 23.2 Å². The molecule has 0 aromatic heterocycles. The number of thioether (sulfide) groups is 1. The third kappa shape index (κ3) is 5.96. The van der Waals surface area contributed by atoms with E-state index in [0.717, 1.165) is 12.8 Å². The van der Waals surface area contributed by atoms with Crippen LogP contribution < -0.4 is 0 Å². The first-order valence-corrected chi connectivity index (χ1v) is 6.90. The van der Waals surface area contributed by atoms with Crippen molar-refractivity contribution < 1.29 is 4.79 Å². The molecule has 0 unspecified atom stereocenters. The Bertz CT molecular complexity index is 306. The number of hydrogen-bond acceptors (Lipinski definition) is 2. The number of hydrogen-bond donors (Lipinski definition) is 0. The maximum absolute atomic E-state index is 11.5. The summed E-state index contributed by atoms with van der Waals surface area (Å²) in [6.07, 6.45) is 2.70. The fraction of sp³-hybridized carbons (Fsp3) is 0.500. The summed E-state index contributed by atoms with van der Waals surface area (Å²) in [7, 11) is 0. The van der Waals surface area contributed by atoms with Gasteiger partial charge < -0.3 is 0 Å². The maximum Gasteiger partial charge on any atom is 0.142 e. The number of Topliss-reactive ketones (excluding diaryl/α,β-unsaturated/α-hetero) is 1. The van der Waals surface area contributed by atoms with Gasteiger partial charge in [-0.05, 0) is 23.7 Å². The van der Waals surface area contributed by atoms with Crippen LogP contribution in [0.1, 0.15) is 32.3 Å². The van der Waals surface area contributed by atoms with Crippen molar-refractivity contribution >= 4 is 17.5 Å². The lowest BCUT2D eigenvalue weighted by atomic mass is 10.1. The monoisotopic (exact) mass is 236 g/mol. The molecule has 0 aliphatic rings. The van der Waals surface area contributed by atoms with Crippen LogP contribution in [0.15, 0.2) is 30.3 Å². The third-order valence-corrected chi connectivity index (χ3v) is 3.50. The highest BCUT2D eigenvalue weighted by Gasteiger charge is 2.03. The molecular formula is C14H20OS. The Morgan fingerprint density at radius 2 is 1.94 bits per heavy atom. The zero-order chi connectivity index (χ0) is 11.8. The maximum atomic E-state index is 11.5. The number of ketones is 1. The smallest absolute Gasteiger partial charge is 0.142 e. The topological polar surface area (TPSA) is 17.1 Å². The second-order valence-corrected chi connectivity index (χ2v) is 5.80. The van der Waals surface area contributed by atoms with Crippen molar-refractivity contribution in [2.45, 2.75) is 38.4 Å². The van der Waals surface area contributed by atoms with E-state index in [9.17, 15) is 4.79 Å². The third-order valence-electron chi connectivity index (χ3n) is 2.34. The van der Waals surface area contributed by atoms with Gasteiger partial charge in [0.25, 0.3) is 0 Å².